The van der Waals surface area contributed by atoms with Crippen molar-refractivity contribution in [2.24, 2.45) is 5.92 Å². The van der Waals surface area contributed by atoms with E-state index in [9.17, 15) is 14.7 Å². The second kappa shape index (κ2) is 6.58. The Balaban J connectivity index is 1.69. The van der Waals surface area contributed by atoms with Gasteiger partial charge in [0.1, 0.15) is 0 Å². The molecular formula is C17H22N2O4. The van der Waals surface area contributed by atoms with Crippen molar-refractivity contribution in [3.8, 4) is 0 Å². The molecule has 23 heavy (non-hydrogen) atoms. The Bertz CT molecular complexity index is 579. The predicted molar refractivity (Wildman–Crippen MR) is 83.8 cm³/mol. The normalized spacial score (nSPS) is 24.3. The number of methoxy groups -OCH3 is 1. The molecule has 1 amide bonds. The van der Waals surface area contributed by atoms with Crippen LogP contribution in [0.4, 0.5) is 4.79 Å². The summed E-state index contributed by atoms with van der Waals surface area (Å²) in [6.07, 6.45) is 0.605. The van der Waals surface area contributed by atoms with Crippen molar-refractivity contribution >= 4 is 12.1 Å². The molecule has 1 N–H and O–H groups in total. The molecule has 0 spiro atoms. The highest BCUT2D eigenvalue weighted by Crippen LogP contribution is 2.28. The highest BCUT2D eigenvalue weighted by molar-refractivity contribution is 5.72. The molecule has 0 bridgehead atoms. The Labute approximate surface area is 135 Å². The molecule has 2 unspecified atom stereocenters. The number of rotatable bonds is 3. The zero-order valence-corrected chi connectivity index (χ0v) is 13.3. The number of aliphatic carboxylic acids is 1. The van der Waals surface area contributed by atoms with Crippen LogP contribution in [0.2, 0.25) is 0 Å². The third kappa shape index (κ3) is 3.32. The van der Waals surface area contributed by atoms with E-state index in [2.05, 4.69) is 17.0 Å². The van der Waals surface area contributed by atoms with Crippen LogP contribution in [0, 0.1) is 5.92 Å². The predicted octanol–water partition coefficient (Wildman–Crippen LogP) is 1.93. The highest BCUT2D eigenvalue weighted by Gasteiger charge is 2.36. The van der Waals surface area contributed by atoms with Gasteiger partial charge in [-0.3, -0.25) is 9.69 Å². The van der Waals surface area contributed by atoms with Crippen molar-refractivity contribution < 1.29 is 19.4 Å². The monoisotopic (exact) mass is 318 g/mol. The maximum Gasteiger partial charge on any atom is 0.409 e. The van der Waals surface area contributed by atoms with Crippen LogP contribution >= 0.6 is 0 Å². The third-order valence-electron chi connectivity index (χ3n) is 4.85. The highest BCUT2D eigenvalue weighted by atomic mass is 16.5. The lowest BCUT2D eigenvalue weighted by Crippen LogP contribution is -2.51. The first kappa shape index (κ1) is 15.8. The van der Waals surface area contributed by atoms with Crippen LogP contribution in [0.15, 0.2) is 24.3 Å². The number of carboxylic acids is 1. The zero-order valence-electron chi connectivity index (χ0n) is 13.3. The standard InChI is InChI=1S/C17H22N2O4/c1-23-17(22)19-7-6-12(16(20)21)8-15(19)11-18-9-13-4-2-3-5-14(13)10-18/h2-5,12,15H,6-11H2,1H3,(H,20,21). The molecule has 0 aromatic heterocycles. The summed E-state index contributed by atoms with van der Waals surface area (Å²) >= 11 is 0. The van der Waals surface area contributed by atoms with Crippen molar-refractivity contribution in [2.45, 2.75) is 32.0 Å². The molecule has 124 valence electrons. The molecule has 1 fully saturated rings. The van der Waals surface area contributed by atoms with Gasteiger partial charge < -0.3 is 14.7 Å². The number of amides is 1. The lowest BCUT2D eigenvalue weighted by molar-refractivity contribution is -0.144. The van der Waals surface area contributed by atoms with Gasteiger partial charge in [-0.15, -0.1) is 0 Å². The summed E-state index contributed by atoms with van der Waals surface area (Å²) in [5, 5.41) is 9.29. The smallest absolute Gasteiger partial charge is 0.409 e. The van der Waals surface area contributed by atoms with Crippen molar-refractivity contribution in [3.63, 3.8) is 0 Å². The Kier molecular flexibility index (Phi) is 4.52. The summed E-state index contributed by atoms with van der Waals surface area (Å²) in [6, 6.07) is 8.18. The maximum absolute atomic E-state index is 12.0. The molecule has 0 saturated carbocycles. The molecule has 6 heteroatoms. The van der Waals surface area contributed by atoms with E-state index in [1.54, 1.807) is 4.90 Å². The number of hydrogen-bond donors (Lipinski definition) is 1. The first-order chi connectivity index (χ1) is 11.1. The van der Waals surface area contributed by atoms with Crippen LogP contribution in [0.25, 0.3) is 0 Å². The Morgan fingerprint density at radius 1 is 1.26 bits per heavy atom. The molecule has 2 aliphatic heterocycles. The fourth-order valence-electron chi connectivity index (χ4n) is 3.64. The van der Waals surface area contributed by atoms with E-state index in [1.807, 2.05) is 12.1 Å². The van der Waals surface area contributed by atoms with Gasteiger partial charge in [-0.1, -0.05) is 24.3 Å². The number of likely N-dealkylation sites (tertiary alicyclic amines) is 1. The second-order valence-electron chi connectivity index (χ2n) is 6.32. The van der Waals surface area contributed by atoms with Crippen LogP contribution in [0.1, 0.15) is 24.0 Å². The lowest BCUT2D eigenvalue weighted by Gasteiger charge is -2.39. The SMILES string of the molecule is COC(=O)N1CCC(C(=O)O)CC1CN1Cc2ccccc2C1. The van der Waals surface area contributed by atoms with E-state index in [-0.39, 0.29) is 18.1 Å². The van der Waals surface area contributed by atoms with Crippen LogP contribution in [-0.4, -0.2) is 53.2 Å². The van der Waals surface area contributed by atoms with Gasteiger partial charge in [0, 0.05) is 32.2 Å². The average molecular weight is 318 g/mol. The number of carbonyl (C=O) groups excluding carboxylic acids is 1. The Morgan fingerprint density at radius 3 is 2.48 bits per heavy atom. The van der Waals surface area contributed by atoms with Gasteiger partial charge >= 0.3 is 12.1 Å². The average Bonchev–Trinajstić information content (AvgIpc) is 2.96. The van der Waals surface area contributed by atoms with Gasteiger partial charge in [0.05, 0.1) is 13.0 Å². The first-order valence-corrected chi connectivity index (χ1v) is 7.95. The summed E-state index contributed by atoms with van der Waals surface area (Å²) in [5.74, 6) is -1.16. The maximum atomic E-state index is 12.0. The van der Waals surface area contributed by atoms with Crippen molar-refractivity contribution in [2.75, 3.05) is 20.2 Å². The topological polar surface area (TPSA) is 70.1 Å². The van der Waals surface area contributed by atoms with Gasteiger partial charge in [-0.05, 0) is 24.0 Å². The summed E-state index contributed by atoms with van der Waals surface area (Å²) in [5.41, 5.74) is 2.62. The fraction of sp³-hybridized carbons (Fsp3) is 0.529. The molecule has 1 aromatic rings. The van der Waals surface area contributed by atoms with Crippen LogP contribution in [0.5, 0.6) is 0 Å². The summed E-state index contributed by atoms with van der Waals surface area (Å²) < 4.78 is 4.86. The molecule has 1 saturated heterocycles. The van der Waals surface area contributed by atoms with Crippen LogP contribution in [-0.2, 0) is 22.6 Å². The van der Waals surface area contributed by atoms with E-state index in [4.69, 9.17) is 4.74 Å². The zero-order chi connectivity index (χ0) is 16.4. The van der Waals surface area contributed by atoms with Crippen molar-refractivity contribution in [3.05, 3.63) is 35.4 Å². The molecule has 2 heterocycles. The number of fused-ring (bicyclic) bond motifs is 1. The number of hydrogen-bond acceptors (Lipinski definition) is 4. The quantitative estimate of drug-likeness (QED) is 0.922. The summed E-state index contributed by atoms with van der Waals surface area (Å²) in [4.78, 5) is 27.3. The van der Waals surface area contributed by atoms with Crippen molar-refractivity contribution in [1.82, 2.24) is 9.80 Å². The van der Waals surface area contributed by atoms with E-state index >= 15 is 0 Å². The molecule has 0 radical (unpaired) electrons. The summed E-state index contributed by atoms with van der Waals surface area (Å²) in [6.45, 7) is 2.81. The largest absolute Gasteiger partial charge is 0.481 e. The van der Waals surface area contributed by atoms with Crippen LogP contribution < -0.4 is 0 Å². The van der Waals surface area contributed by atoms with Gasteiger partial charge in [-0.25, -0.2) is 4.79 Å². The number of nitrogens with zero attached hydrogens (tertiary/aromatic N) is 2. The molecule has 2 aliphatic rings. The van der Waals surface area contributed by atoms with Gasteiger partial charge in [0.15, 0.2) is 0 Å². The number of carboxylic acid groups (broad SMARTS) is 1. The minimum absolute atomic E-state index is 0.119. The van der Waals surface area contributed by atoms with E-state index in [0.29, 0.717) is 25.9 Å². The molecule has 3 rings (SSSR count). The Hall–Kier alpha value is -2.08. The first-order valence-electron chi connectivity index (χ1n) is 7.95. The van der Waals surface area contributed by atoms with E-state index < -0.39 is 5.97 Å². The van der Waals surface area contributed by atoms with E-state index in [0.717, 1.165) is 13.1 Å². The third-order valence-corrected chi connectivity index (χ3v) is 4.85. The van der Waals surface area contributed by atoms with Gasteiger partial charge in [0.2, 0.25) is 0 Å². The van der Waals surface area contributed by atoms with E-state index in [1.165, 1.54) is 18.2 Å². The molecule has 1 aromatic carbocycles. The lowest BCUT2D eigenvalue weighted by atomic mass is 9.91. The van der Waals surface area contributed by atoms with Crippen molar-refractivity contribution in [1.29, 1.82) is 0 Å². The van der Waals surface area contributed by atoms with Gasteiger partial charge in [-0.2, -0.15) is 0 Å². The number of benzene rings is 1. The minimum Gasteiger partial charge on any atom is -0.481 e. The molecular weight excluding hydrogens is 296 g/mol. The molecule has 0 aliphatic carbocycles. The molecule has 2 atom stereocenters. The number of piperidine rings is 1. The number of carbonyl (C=O) groups is 2. The second-order valence-corrected chi connectivity index (χ2v) is 6.32. The Morgan fingerprint density at radius 2 is 1.91 bits per heavy atom. The fourth-order valence-corrected chi connectivity index (χ4v) is 3.64. The van der Waals surface area contributed by atoms with Crippen LogP contribution in [0.3, 0.4) is 0 Å². The van der Waals surface area contributed by atoms with Gasteiger partial charge in [0.25, 0.3) is 0 Å². The minimum atomic E-state index is -0.774. The molecule has 6 nitrogen and oxygen atoms in total. The number of ether oxygens (including phenoxy) is 1. The summed E-state index contributed by atoms with van der Waals surface area (Å²) in [7, 11) is 1.37.